The lowest BCUT2D eigenvalue weighted by molar-refractivity contribution is 0.326. The zero-order valence-electron chi connectivity index (χ0n) is 30.8. The Labute approximate surface area is 326 Å². The first-order valence-electron chi connectivity index (χ1n) is 19.5. The van der Waals surface area contributed by atoms with Crippen molar-refractivity contribution in [1.29, 1.82) is 0 Å². The molecule has 1 aliphatic carbocycles. The summed E-state index contributed by atoms with van der Waals surface area (Å²) in [5.41, 5.74) is 16.1. The maximum Gasteiger partial charge on any atom is 0.135 e. The fourth-order valence-electron chi connectivity index (χ4n) is 8.85. The average Bonchev–Trinajstić information content (AvgIpc) is 3.54. The molecule has 56 heavy (non-hydrogen) atoms. The van der Waals surface area contributed by atoms with Gasteiger partial charge in [-0.2, -0.15) is 0 Å². The smallest absolute Gasteiger partial charge is 0.135 e. The molecule has 1 aromatic heterocycles. The third-order valence-corrected chi connectivity index (χ3v) is 11.6. The highest BCUT2D eigenvalue weighted by molar-refractivity contribution is 6.06. The van der Waals surface area contributed by atoms with Crippen LogP contribution in [0.1, 0.15) is 46.2 Å². The minimum absolute atomic E-state index is 0.181. The molecule has 0 saturated carbocycles. The predicted octanol–water partition coefficient (Wildman–Crippen LogP) is 12.7. The predicted molar refractivity (Wildman–Crippen MR) is 229 cm³/mol. The number of fused-ring (bicyclic) bond motifs is 7. The summed E-state index contributed by atoms with van der Waals surface area (Å²) in [6, 6.07) is 56.2. The number of aliphatic imine (C=N–C) groups is 1. The van der Waals surface area contributed by atoms with Crippen LogP contribution < -0.4 is 10.1 Å². The maximum absolute atomic E-state index is 6.22. The Morgan fingerprint density at radius 2 is 1.36 bits per heavy atom. The van der Waals surface area contributed by atoms with Crippen molar-refractivity contribution in [1.82, 2.24) is 5.32 Å². The number of nitrogens with one attached hydrogen (secondary N) is 1. The topological polar surface area (TPSA) is 46.8 Å². The number of nitrogens with zero attached hydrogens (tertiary/aromatic N) is 1. The summed E-state index contributed by atoms with van der Waals surface area (Å²) in [5.74, 6) is 2.00. The van der Waals surface area contributed by atoms with E-state index in [1.807, 2.05) is 12.1 Å². The van der Waals surface area contributed by atoms with E-state index in [9.17, 15) is 0 Å². The first-order chi connectivity index (χ1) is 27.7. The van der Waals surface area contributed by atoms with E-state index in [-0.39, 0.29) is 12.0 Å². The van der Waals surface area contributed by atoms with Gasteiger partial charge in [0.15, 0.2) is 0 Å². The molecular weight excluding hydrogens is 685 g/mol. The highest BCUT2D eigenvalue weighted by Gasteiger charge is 2.28. The molecule has 2 unspecified atom stereocenters. The fourth-order valence-corrected chi connectivity index (χ4v) is 8.85. The summed E-state index contributed by atoms with van der Waals surface area (Å²) >= 11 is 0. The van der Waals surface area contributed by atoms with E-state index in [4.69, 9.17) is 14.1 Å². The molecule has 8 aromatic rings. The van der Waals surface area contributed by atoms with E-state index >= 15 is 0 Å². The summed E-state index contributed by atoms with van der Waals surface area (Å²) in [5, 5.41) is 6.08. The summed E-state index contributed by atoms with van der Waals surface area (Å²) in [6.07, 6.45) is 8.71. The standard InChI is InChI=1S/C52H38N2O2/c1-2-12-35(13-3-1)52-53-47(41-18-10-14-33-11-4-5-15-39(33)41)32-48(54-52)45-29-36(37-24-26-51-46(30-37)43-17-7-9-20-50(43)56-51)23-25-40(45)38-22-21-34-27-28-55-49-19-8-6-16-42(49)44(34)31-38/h1-17,19-26,29-32,41,48H,18,27-28H2,(H,53,54). The van der Waals surface area contributed by atoms with E-state index in [0.717, 1.165) is 85.3 Å². The molecule has 3 aliphatic rings. The molecule has 0 saturated heterocycles. The van der Waals surface area contributed by atoms with E-state index in [1.165, 1.54) is 28.0 Å². The maximum atomic E-state index is 6.22. The minimum Gasteiger partial charge on any atom is -0.493 e. The Kier molecular flexibility index (Phi) is 7.80. The molecule has 2 aliphatic heterocycles. The molecule has 268 valence electrons. The Balaban J connectivity index is 1.12. The van der Waals surface area contributed by atoms with Crippen LogP contribution in [0.3, 0.4) is 0 Å². The van der Waals surface area contributed by atoms with Gasteiger partial charge < -0.3 is 14.5 Å². The molecule has 0 bridgehead atoms. The van der Waals surface area contributed by atoms with E-state index in [2.05, 4.69) is 169 Å². The second-order valence-electron chi connectivity index (χ2n) is 14.9. The van der Waals surface area contributed by atoms with E-state index in [0.29, 0.717) is 6.61 Å². The molecule has 4 nitrogen and oxygen atoms in total. The minimum atomic E-state index is -0.248. The van der Waals surface area contributed by atoms with Crippen molar-refractivity contribution in [2.45, 2.75) is 24.8 Å². The Bertz CT molecular complexity index is 2910. The fraction of sp³-hybridized carbons (Fsp3) is 0.0962. The van der Waals surface area contributed by atoms with Crippen molar-refractivity contribution >= 4 is 33.9 Å². The van der Waals surface area contributed by atoms with Crippen molar-refractivity contribution in [2.75, 3.05) is 6.61 Å². The van der Waals surface area contributed by atoms with Gasteiger partial charge in [0.2, 0.25) is 0 Å². The molecule has 11 rings (SSSR count). The summed E-state index contributed by atoms with van der Waals surface area (Å²) < 4.78 is 12.4. The summed E-state index contributed by atoms with van der Waals surface area (Å²) in [6.45, 7) is 0.665. The van der Waals surface area contributed by atoms with Crippen LogP contribution in [0, 0.1) is 0 Å². The zero-order chi connectivity index (χ0) is 37.0. The lowest BCUT2D eigenvalue weighted by Crippen LogP contribution is -2.32. The number of para-hydroxylation sites is 2. The number of amidine groups is 1. The number of hydrogen-bond donors (Lipinski definition) is 1. The van der Waals surface area contributed by atoms with Gasteiger partial charge in [-0.3, -0.25) is 4.99 Å². The van der Waals surface area contributed by atoms with Gasteiger partial charge in [-0.25, -0.2) is 0 Å². The summed E-state index contributed by atoms with van der Waals surface area (Å²) in [7, 11) is 0. The molecule has 7 aromatic carbocycles. The van der Waals surface area contributed by atoms with Crippen LogP contribution in [0.5, 0.6) is 5.75 Å². The van der Waals surface area contributed by atoms with Crippen LogP contribution in [-0.2, 0) is 6.42 Å². The highest BCUT2D eigenvalue weighted by atomic mass is 16.5. The first-order valence-corrected chi connectivity index (χ1v) is 19.5. The number of hydrogen-bond acceptors (Lipinski definition) is 4. The monoisotopic (exact) mass is 722 g/mol. The van der Waals surface area contributed by atoms with Crippen molar-refractivity contribution < 1.29 is 9.15 Å². The Morgan fingerprint density at radius 3 is 2.32 bits per heavy atom. The van der Waals surface area contributed by atoms with E-state index in [1.54, 1.807) is 0 Å². The zero-order valence-corrected chi connectivity index (χ0v) is 30.8. The van der Waals surface area contributed by atoms with Crippen LogP contribution in [0.15, 0.2) is 185 Å². The van der Waals surface area contributed by atoms with Crippen molar-refractivity contribution in [2.24, 2.45) is 4.99 Å². The largest absolute Gasteiger partial charge is 0.493 e. The molecule has 4 heteroatoms. The van der Waals surface area contributed by atoms with Crippen molar-refractivity contribution in [3.8, 4) is 39.1 Å². The molecule has 2 atom stereocenters. The molecule has 0 spiro atoms. The van der Waals surface area contributed by atoms with Gasteiger partial charge in [-0.05, 0) is 99.0 Å². The average molecular weight is 723 g/mol. The second-order valence-corrected chi connectivity index (χ2v) is 14.9. The molecule has 3 heterocycles. The van der Waals surface area contributed by atoms with E-state index < -0.39 is 0 Å². The van der Waals surface area contributed by atoms with Gasteiger partial charge in [0.05, 0.1) is 12.6 Å². The molecule has 0 radical (unpaired) electrons. The van der Waals surface area contributed by atoms with Gasteiger partial charge in [0.25, 0.3) is 0 Å². The van der Waals surface area contributed by atoms with Crippen molar-refractivity contribution in [3.05, 3.63) is 203 Å². The molecule has 0 fully saturated rings. The Hall–Kier alpha value is -6.91. The first kappa shape index (κ1) is 32.5. The Morgan fingerprint density at radius 1 is 0.571 bits per heavy atom. The summed E-state index contributed by atoms with van der Waals surface area (Å²) in [4.78, 5) is 5.54. The number of rotatable bonds is 5. The SMILES string of the molecule is C1=Cc2ccccc2C(C2=CC(c3cc(-c4ccc5oc6ccccc6c5c4)ccc3-c3ccc4c(c3)-c3ccccc3OCC4)N=C(c3ccccc3)N2)C1. The van der Waals surface area contributed by atoms with Gasteiger partial charge in [-0.1, -0.05) is 133 Å². The molecular formula is C52H38N2O2. The second kappa shape index (κ2) is 13.4. The van der Waals surface area contributed by atoms with Gasteiger partial charge >= 0.3 is 0 Å². The van der Waals surface area contributed by atoms with Crippen LogP contribution >= 0.6 is 0 Å². The van der Waals surface area contributed by atoms with Crippen LogP contribution in [0.4, 0.5) is 0 Å². The van der Waals surface area contributed by atoms with Crippen LogP contribution in [-0.4, -0.2) is 12.4 Å². The highest BCUT2D eigenvalue weighted by Crippen LogP contribution is 2.44. The van der Waals surface area contributed by atoms with Crippen LogP contribution in [0.2, 0.25) is 0 Å². The number of allylic oxidation sites excluding steroid dienone is 2. The lowest BCUT2D eigenvalue weighted by atomic mass is 9.82. The van der Waals surface area contributed by atoms with Crippen molar-refractivity contribution in [3.63, 3.8) is 0 Å². The number of furan rings is 1. The van der Waals surface area contributed by atoms with Gasteiger partial charge in [0.1, 0.15) is 22.8 Å². The third-order valence-electron chi connectivity index (χ3n) is 11.6. The van der Waals surface area contributed by atoms with Gasteiger partial charge in [-0.15, -0.1) is 0 Å². The normalized spacial score (nSPS) is 17.1. The lowest BCUT2D eigenvalue weighted by Gasteiger charge is -2.31. The number of ether oxygens (including phenoxy) is 1. The third kappa shape index (κ3) is 5.65. The van der Waals surface area contributed by atoms with Gasteiger partial charge in [0, 0.05) is 39.9 Å². The quantitative estimate of drug-likeness (QED) is 0.192. The molecule has 0 amide bonds. The number of benzene rings is 7. The molecule has 1 N–H and O–H groups in total. The van der Waals surface area contributed by atoms with Crippen LogP contribution in [0.25, 0.3) is 61.4 Å².